The maximum absolute atomic E-state index is 12.8. The number of pyridine rings is 2. The Morgan fingerprint density at radius 2 is 1.35 bits per heavy atom. The number of rotatable bonds is 12. The molecule has 4 rings (SSSR count). The number of hydrogen-bond acceptors (Lipinski definition) is 11. The molecule has 4 heterocycles. The summed E-state index contributed by atoms with van der Waals surface area (Å²) in [5.74, 6) is -0.223. The Balaban J connectivity index is 1.17. The van der Waals surface area contributed by atoms with Gasteiger partial charge < -0.3 is 15.4 Å². The van der Waals surface area contributed by atoms with E-state index in [2.05, 4.69) is 41.0 Å². The topological polar surface area (TPSA) is 145 Å². The van der Waals surface area contributed by atoms with E-state index in [9.17, 15) is 22.8 Å². The fraction of sp³-hybridized carbons (Fsp3) is 0.333. The third kappa shape index (κ3) is 8.22. The quantitative estimate of drug-likeness (QED) is 0.236. The van der Waals surface area contributed by atoms with Crippen molar-refractivity contribution >= 4 is 34.5 Å². The van der Waals surface area contributed by atoms with Crippen LogP contribution in [0.3, 0.4) is 0 Å². The number of carbonyl (C=O) groups excluding carboxylic acids is 2. The van der Waals surface area contributed by atoms with Crippen molar-refractivity contribution in [3.63, 3.8) is 0 Å². The maximum atomic E-state index is 12.8. The van der Waals surface area contributed by atoms with E-state index in [1.54, 1.807) is 25.4 Å². The second-order valence-corrected chi connectivity index (χ2v) is 10.4. The van der Waals surface area contributed by atoms with Crippen LogP contribution in [-0.2, 0) is 32.1 Å². The average molecular weight is 593 g/mol. The van der Waals surface area contributed by atoms with E-state index < -0.39 is 17.6 Å². The zero-order chi connectivity index (χ0) is 28.5. The Bertz CT molecular complexity index is 1460. The number of carbonyl (C=O) groups is 2. The molecule has 0 bridgehead atoms. The molecule has 0 aliphatic carbocycles. The summed E-state index contributed by atoms with van der Waals surface area (Å²) in [4.78, 5) is 32.7. The van der Waals surface area contributed by atoms with Crippen molar-refractivity contribution in [2.45, 2.75) is 44.9 Å². The van der Waals surface area contributed by atoms with Gasteiger partial charge in [-0.05, 0) is 31.0 Å². The standard InChI is InChI=1S/C24H23F3N8O3S2/c1-38-17-7-9-29-16(11-17)13-31-21(37)23-35-33-19(40-23)5-3-2-4-18-32-34-22(39-18)20(36)30-12-15-10-14(6-8-28-15)24(25,26)27/h6-11H,2-5,12-13H2,1H3,(H,30,36)(H,31,37). The largest absolute Gasteiger partial charge is 0.497 e. The number of unbranched alkanes of at least 4 members (excludes halogenated alkanes) is 1. The number of halogens is 3. The molecule has 0 saturated carbocycles. The zero-order valence-electron chi connectivity index (χ0n) is 21.1. The fourth-order valence-electron chi connectivity index (χ4n) is 3.37. The zero-order valence-corrected chi connectivity index (χ0v) is 22.7. The van der Waals surface area contributed by atoms with Gasteiger partial charge in [0.2, 0.25) is 10.0 Å². The summed E-state index contributed by atoms with van der Waals surface area (Å²) in [6, 6.07) is 5.21. The van der Waals surface area contributed by atoms with Gasteiger partial charge in [-0.15, -0.1) is 20.4 Å². The van der Waals surface area contributed by atoms with Gasteiger partial charge >= 0.3 is 6.18 Å². The smallest absolute Gasteiger partial charge is 0.416 e. The van der Waals surface area contributed by atoms with E-state index in [0.717, 1.165) is 47.5 Å². The molecule has 0 saturated heterocycles. The van der Waals surface area contributed by atoms with Gasteiger partial charge in [0, 0.05) is 31.3 Å². The third-order valence-electron chi connectivity index (χ3n) is 5.38. The van der Waals surface area contributed by atoms with Gasteiger partial charge in [0.05, 0.1) is 37.2 Å². The summed E-state index contributed by atoms with van der Waals surface area (Å²) >= 11 is 2.34. The molecule has 2 N–H and O–H groups in total. The molecule has 2 amide bonds. The molecule has 4 aromatic rings. The fourth-order valence-corrected chi connectivity index (χ4v) is 4.96. The van der Waals surface area contributed by atoms with Crippen LogP contribution in [0.1, 0.15) is 59.4 Å². The second kappa shape index (κ2) is 13.3. The summed E-state index contributed by atoms with van der Waals surface area (Å²) < 4.78 is 43.6. The normalized spacial score (nSPS) is 11.3. The minimum absolute atomic E-state index is 0.0825. The molecule has 40 heavy (non-hydrogen) atoms. The van der Waals surface area contributed by atoms with E-state index >= 15 is 0 Å². The van der Waals surface area contributed by atoms with E-state index in [1.807, 2.05) is 0 Å². The van der Waals surface area contributed by atoms with E-state index in [-0.39, 0.29) is 34.7 Å². The van der Waals surface area contributed by atoms with Crippen molar-refractivity contribution < 1.29 is 27.5 Å². The number of alkyl halides is 3. The van der Waals surface area contributed by atoms with Crippen molar-refractivity contribution in [3.05, 3.63) is 73.6 Å². The molecular weight excluding hydrogens is 569 g/mol. The molecule has 0 fully saturated rings. The number of ether oxygens (including phenoxy) is 1. The lowest BCUT2D eigenvalue weighted by atomic mass is 10.2. The van der Waals surface area contributed by atoms with Gasteiger partial charge in [-0.25, -0.2) is 0 Å². The number of nitrogens with zero attached hydrogens (tertiary/aromatic N) is 6. The van der Waals surface area contributed by atoms with Crippen LogP contribution in [0.25, 0.3) is 0 Å². The summed E-state index contributed by atoms with van der Waals surface area (Å²) in [6.45, 7) is 0.0619. The molecular formula is C24H23F3N8O3S2. The van der Waals surface area contributed by atoms with Crippen LogP contribution in [0.15, 0.2) is 36.7 Å². The predicted octanol–water partition coefficient (Wildman–Crippen LogP) is 3.63. The molecule has 4 aromatic heterocycles. The molecule has 0 aliphatic rings. The van der Waals surface area contributed by atoms with E-state index in [1.165, 1.54) is 11.3 Å². The summed E-state index contributed by atoms with van der Waals surface area (Å²) in [6.07, 6.45) is 0.867. The SMILES string of the molecule is COc1ccnc(CNC(=O)c2nnc(CCCCc3nnc(C(=O)NCc4cc(C(F)(F)F)ccn4)s3)s2)c1. The molecule has 0 aromatic carbocycles. The van der Waals surface area contributed by atoms with Gasteiger partial charge in [-0.3, -0.25) is 19.6 Å². The van der Waals surface area contributed by atoms with Crippen molar-refractivity contribution in [1.29, 1.82) is 0 Å². The first-order valence-electron chi connectivity index (χ1n) is 11.9. The highest BCUT2D eigenvalue weighted by Crippen LogP contribution is 2.29. The molecule has 16 heteroatoms. The number of methoxy groups -OCH3 is 1. The highest BCUT2D eigenvalue weighted by molar-refractivity contribution is 7.13. The van der Waals surface area contributed by atoms with E-state index in [0.29, 0.717) is 29.3 Å². The first kappa shape index (κ1) is 28.9. The molecule has 0 spiro atoms. The lowest BCUT2D eigenvalue weighted by Gasteiger charge is -2.08. The molecule has 0 radical (unpaired) electrons. The van der Waals surface area contributed by atoms with Crippen LogP contribution >= 0.6 is 22.7 Å². The molecule has 210 valence electrons. The Kier molecular flexibility index (Phi) is 9.65. The number of aryl methyl sites for hydroxylation is 2. The van der Waals surface area contributed by atoms with Crippen LogP contribution in [0.5, 0.6) is 5.75 Å². The van der Waals surface area contributed by atoms with E-state index in [4.69, 9.17) is 4.74 Å². The molecule has 0 unspecified atom stereocenters. The average Bonchev–Trinajstić information content (AvgIpc) is 3.63. The molecule has 11 nitrogen and oxygen atoms in total. The monoisotopic (exact) mass is 592 g/mol. The summed E-state index contributed by atoms with van der Waals surface area (Å²) in [7, 11) is 1.55. The third-order valence-corrected chi connectivity index (χ3v) is 7.34. The number of nitrogens with one attached hydrogen (secondary N) is 2. The van der Waals surface area contributed by atoms with Crippen LogP contribution < -0.4 is 15.4 Å². The van der Waals surface area contributed by atoms with Crippen molar-refractivity contribution in [2.24, 2.45) is 0 Å². The number of aromatic nitrogens is 6. The first-order chi connectivity index (χ1) is 19.2. The highest BCUT2D eigenvalue weighted by Gasteiger charge is 2.30. The van der Waals surface area contributed by atoms with Gasteiger partial charge in [-0.2, -0.15) is 13.2 Å². The maximum Gasteiger partial charge on any atom is 0.416 e. The van der Waals surface area contributed by atoms with Crippen LogP contribution in [-0.4, -0.2) is 49.3 Å². The van der Waals surface area contributed by atoms with Gasteiger partial charge in [0.25, 0.3) is 11.8 Å². The Morgan fingerprint density at radius 3 is 1.88 bits per heavy atom. The van der Waals surface area contributed by atoms with Gasteiger partial charge in [-0.1, -0.05) is 22.7 Å². The van der Waals surface area contributed by atoms with Crippen molar-refractivity contribution in [3.8, 4) is 5.75 Å². The lowest BCUT2D eigenvalue weighted by molar-refractivity contribution is -0.137. The Morgan fingerprint density at radius 1 is 0.825 bits per heavy atom. The van der Waals surface area contributed by atoms with Gasteiger partial charge in [0.15, 0.2) is 0 Å². The minimum atomic E-state index is -4.49. The van der Waals surface area contributed by atoms with Crippen LogP contribution in [0, 0.1) is 0 Å². The van der Waals surface area contributed by atoms with Crippen LogP contribution in [0.4, 0.5) is 13.2 Å². The second-order valence-electron chi connectivity index (χ2n) is 8.29. The first-order valence-corrected chi connectivity index (χ1v) is 13.6. The van der Waals surface area contributed by atoms with Gasteiger partial charge in [0.1, 0.15) is 15.8 Å². The minimum Gasteiger partial charge on any atom is -0.497 e. The predicted molar refractivity (Wildman–Crippen MR) is 139 cm³/mol. The Hall–Kier alpha value is -4.05. The molecule has 0 aliphatic heterocycles. The number of amides is 2. The summed E-state index contributed by atoms with van der Waals surface area (Å²) in [5, 5.41) is 23.0. The lowest BCUT2D eigenvalue weighted by Crippen LogP contribution is -2.23. The number of hydrogen-bond donors (Lipinski definition) is 2. The summed E-state index contributed by atoms with van der Waals surface area (Å²) in [5.41, 5.74) is -0.0958. The molecule has 0 atom stereocenters. The van der Waals surface area contributed by atoms with Crippen LogP contribution in [0.2, 0.25) is 0 Å². The Labute approximate surface area is 234 Å². The van der Waals surface area contributed by atoms with Crippen molar-refractivity contribution in [2.75, 3.05) is 7.11 Å². The highest BCUT2D eigenvalue weighted by atomic mass is 32.1. The van der Waals surface area contributed by atoms with Crippen molar-refractivity contribution in [1.82, 2.24) is 41.0 Å².